The van der Waals surface area contributed by atoms with Gasteiger partial charge in [0.15, 0.2) is 0 Å². The summed E-state index contributed by atoms with van der Waals surface area (Å²) in [6.45, 7) is 6.72. The summed E-state index contributed by atoms with van der Waals surface area (Å²) in [5.74, 6) is 1.18. The molecule has 4 nitrogen and oxygen atoms in total. The fourth-order valence-corrected chi connectivity index (χ4v) is 3.04. The molecule has 0 saturated heterocycles. The summed E-state index contributed by atoms with van der Waals surface area (Å²) < 4.78 is 0. The van der Waals surface area contributed by atoms with Crippen molar-refractivity contribution in [3.05, 3.63) is 63.3 Å². The highest BCUT2D eigenvalue weighted by Gasteiger charge is 2.22. The quantitative estimate of drug-likeness (QED) is 0.940. The molecule has 4 heteroatoms. The van der Waals surface area contributed by atoms with Gasteiger partial charge in [0.25, 0.3) is 5.56 Å². The van der Waals surface area contributed by atoms with E-state index in [0.29, 0.717) is 18.3 Å². The Morgan fingerprint density at radius 1 is 1.33 bits per heavy atom. The first-order chi connectivity index (χ1) is 10.1. The van der Waals surface area contributed by atoms with Crippen LogP contribution in [-0.2, 0) is 13.0 Å². The number of fused-ring (bicyclic) bond motifs is 1. The highest BCUT2D eigenvalue weighted by Crippen LogP contribution is 2.20. The van der Waals surface area contributed by atoms with Crippen LogP contribution in [0.4, 0.5) is 0 Å². The van der Waals surface area contributed by atoms with E-state index in [4.69, 9.17) is 0 Å². The van der Waals surface area contributed by atoms with Crippen LogP contribution in [0.15, 0.2) is 35.1 Å². The molecule has 2 heterocycles. The molecule has 0 radical (unpaired) electrons. The second-order valence-electron chi connectivity index (χ2n) is 5.87. The van der Waals surface area contributed by atoms with Crippen molar-refractivity contribution < 1.29 is 0 Å². The van der Waals surface area contributed by atoms with Gasteiger partial charge in [-0.1, -0.05) is 37.3 Å². The fourth-order valence-electron chi connectivity index (χ4n) is 3.04. The lowest BCUT2D eigenvalue weighted by Gasteiger charge is -2.30. The predicted molar refractivity (Wildman–Crippen MR) is 83.4 cm³/mol. The molecule has 0 amide bonds. The number of hydrogen-bond donors (Lipinski definition) is 1. The highest BCUT2D eigenvalue weighted by molar-refractivity contribution is 5.22. The van der Waals surface area contributed by atoms with Gasteiger partial charge in [0.05, 0.1) is 11.3 Å². The lowest BCUT2D eigenvalue weighted by atomic mass is 9.99. The second kappa shape index (κ2) is 5.82. The van der Waals surface area contributed by atoms with E-state index >= 15 is 0 Å². The van der Waals surface area contributed by atoms with Gasteiger partial charge >= 0.3 is 0 Å². The van der Waals surface area contributed by atoms with Crippen molar-refractivity contribution in [2.24, 2.45) is 0 Å². The number of rotatable bonds is 3. The molecule has 0 spiro atoms. The number of aromatic nitrogens is 2. The average Bonchev–Trinajstić information content (AvgIpc) is 2.48. The van der Waals surface area contributed by atoms with E-state index < -0.39 is 0 Å². The topological polar surface area (TPSA) is 49.0 Å². The summed E-state index contributed by atoms with van der Waals surface area (Å²) in [5.41, 5.74) is 3.18. The van der Waals surface area contributed by atoms with Gasteiger partial charge in [-0.2, -0.15) is 0 Å². The van der Waals surface area contributed by atoms with Crippen LogP contribution in [0.3, 0.4) is 0 Å². The number of benzene rings is 1. The van der Waals surface area contributed by atoms with Crippen molar-refractivity contribution in [2.45, 2.75) is 32.7 Å². The molecule has 110 valence electrons. The Labute approximate surface area is 124 Å². The van der Waals surface area contributed by atoms with E-state index in [1.807, 2.05) is 13.0 Å². The van der Waals surface area contributed by atoms with Gasteiger partial charge in [-0.15, -0.1) is 0 Å². The van der Waals surface area contributed by atoms with Crippen molar-refractivity contribution in [3.8, 4) is 0 Å². The van der Waals surface area contributed by atoms with Crippen LogP contribution >= 0.6 is 0 Å². The minimum Gasteiger partial charge on any atom is -0.310 e. The normalized spacial score (nSPS) is 16.5. The molecule has 0 fully saturated rings. The molecule has 1 aromatic carbocycles. The average molecular weight is 283 g/mol. The lowest BCUT2D eigenvalue weighted by Crippen LogP contribution is -2.37. The third-order valence-corrected chi connectivity index (χ3v) is 4.17. The Kier molecular flexibility index (Phi) is 3.88. The van der Waals surface area contributed by atoms with E-state index in [1.54, 1.807) is 0 Å². The first kappa shape index (κ1) is 14.0. The minimum absolute atomic E-state index is 0.0227. The number of aromatic amines is 1. The van der Waals surface area contributed by atoms with Crippen LogP contribution in [0.1, 0.15) is 35.5 Å². The fraction of sp³-hybridized carbons (Fsp3) is 0.412. The van der Waals surface area contributed by atoms with Crippen LogP contribution in [0.5, 0.6) is 0 Å². The van der Waals surface area contributed by atoms with Crippen LogP contribution < -0.4 is 5.56 Å². The summed E-state index contributed by atoms with van der Waals surface area (Å²) in [5, 5.41) is 0. The van der Waals surface area contributed by atoms with Gasteiger partial charge in [-0.05, 0) is 18.4 Å². The standard InChI is InChI=1S/C17H21N3O/c1-12(14-6-4-3-5-7-14)10-20-9-8-16-15(11-20)17(21)19-13(2)18-16/h3-7,12H,8-11H2,1-2H3,(H,18,19,21). The molecule has 1 atom stereocenters. The van der Waals surface area contributed by atoms with Crippen LogP contribution in [0, 0.1) is 6.92 Å². The molecule has 1 N–H and O–H groups in total. The molecule has 0 bridgehead atoms. The number of nitrogens with zero attached hydrogens (tertiary/aromatic N) is 2. The van der Waals surface area contributed by atoms with Gasteiger partial charge in [0.1, 0.15) is 5.82 Å². The summed E-state index contributed by atoms with van der Waals surface area (Å²) in [6, 6.07) is 10.5. The van der Waals surface area contributed by atoms with Crippen molar-refractivity contribution in [3.63, 3.8) is 0 Å². The van der Waals surface area contributed by atoms with E-state index in [-0.39, 0.29) is 5.56 Å². The molecular formula is C17H21N3O. The smallest absolute Gasteiger partial charge is 0.255 e. The van der Waals surface area contributed by atoms with E-state index in [2.05, 4.69) is 46.1 Å². The largest absolute Gasteiger partial charge is 0.310 e. The maximum atomic E-state index is 12.1. The lowest BCUT2D eigenvalue weighted by molar-refractivity contribution is 0.238. The van der Waals surface area contributed by atoms with Gasteiger partial charge in [0, 0.05) is 26.1 Å². The van der Waals surface area contributed by atoms with Gasteiger partial charge in [-0.3, -0.25) is 9.69 Å². The Bertz CT molecular complexity index is 678. The predicted octanol–water partition coefficient (Wildman–Crippen LogP) is 2.24. The van der Waals surface area contributed by atoms with Crippen molar-refractivity contribution in [2.75, 3.05) is 13.1 Å². The molecule has 1 aromatic heterocycles. The summed E-state index contributed by atoms with van der Waals surface area (Å²) in [6.07, 6.45) is 0.863. The van der Waals surface area contributed by atoms with E-state index in [1.165, 1.54) is 5.56 Å². The SMILES string of the molecule is Cc1nc2c(c(=O)[nH]1)CN(CC(C)c1ccccc1)CC2. The molecule has 1 aliphatic heterocycles. The maximum Gasteiger partial charge on any atom is 0.255 e. The minimum atomic E-state index is 0.0227. The third-order valence-electron chi connectivity index (χ3n) is 4.17. The summed E-state index contributed by atoms with van der Waals surface area (Å²) in [7, 11) is 0. The first-order valence-electron chi connectivity index (χ1n) is 7.49. The maximum absolute atomic E-state index is 12.1. The second-order valence-corrected chi connectivity index (χ2v) is 5.87. The molecule has 1 aliphatic rings. The Hall–Kier alpha value is -1.94. The van der Waals surface area contributed by atoms with Crippen molar-refractivity contribution in [1.82, 2.24) is 14.9 Å². The molecular weight excluding hydrogens is 262 g/mol. The van der Waals surface area contributed by atoms with Gasteiger partial charge in [0.2, 0.25) is 0 Å². The highest BCUT2D eigenvalue weighted by atomic mass is 16.1. The molecule has 1 unspecified atom stereocenters. The van der Waals surface area contributed by atoms with Gasteiger partial charge < -0.3 is 4.98 Å². The number of nitrogens with one attached hydrogen (secondary N) is 1. The van der Waals surface area contributed by atoms with Gasteiger partial charge in [-0.25, -0.2) is 4.98 Å². The molecule has 0 aliphatic carbocycles. The zero-order chi connectivity index (χ0) is 14.8. The Morgan fingerprint density at radius 3 is 2.86 bits per heavy atom. The Morgan fingerprint density at radius 2 is 2.10 bits per heavy atom. The van der Waals surface area contributed by atoms with Crippen LogP contribution in [-0.4, -0.2) is 28.0 Å². The van der Waals surface area contributed by atoms with Crippen molar-refractivity contribution in [1.29, 1.82) is 0 Å². The molecule has 21 heavy (non-hydrogen) atoms. The Balaban J connectivity index is 1.74. The zero-order valence-electron chi connectivity index (χ0n) is 12.6. The summed E-state index contributed by atoms with van der Waals surface area (Å²) >= 11 is 0. The number of hydrogen-bond acceptors (Lipinski definition) is 3. The molecule has 0 saturated carbocycles. The first-order valence-corrected chi connectivity index (χ1v) is 7.49. The van der Waals surface area contributed by atoms with Crippen LogP contribution in [0.2, 0.25) is 0 Å². The van der Waals surface area contributed by atoms with E-state index in [0.717, 1.165) is 30.8 Å². The summed E-state index contributed by atoms with van der Waals surface area (Å²) in [4.78, 5) is 21.7. The van der Waals surface area contributed by atoms with Crippen molar-refractivity contribution >= 4 is 0 Å². The number of H-pyrrole nitrogens is 1. The molecule has 2 aromatic rings. The van der Waals surface area contributed by atoms with Crippen LogP contribution in [0.25, 0.3) is 0 Å². The number of aryl methyl sites for hydroxylation is 1. The third kappa shape index (κ3) is 3.05. The monoisotopic (exact) mass is 283 g/mol. The zero-order valence-corrected chi connectivity index (χ0v) is 12.6. The molecule has 3 rings (SSSR count). The van der Waals surface area contributed by atoms with E-state index in [9.17, 15) is 4.79 Å².